The lowest BCUT2D eigenvalue weighted by atomic mass is 10.1. The third kappa shape index (κ3) is 3.15. The van der Waals surface area contributed by atoms with E-state index >= 15 is 0 Å². The predicted molar refractivity (Wildman–Crippen MR) is 76.7 cm³/mol. The normalized spacial score (nSPS) is 10.5. The number of halogens is 1. The summed E-state index contributed by atoms with van der Waals surface area (Å²) in [6.07, 6.45) is 1.94. The lowest BCUT2D eigenvalue weighted by Crippen LogP contribution is -2.13. The van der Waals surface area contributed by atoms with Crippen LogP contribution in [-0.2, 0) is 6.42 Å². The summed E-state index contributed by atoms with van der Waals surface area (Å²) >= 11 is 6.12. The van der Waals surface area contributed by atoms with Crippen molar-refractivity contribution in [3.8, 4) is 0 Å². The first kappa shape index (κ1) is 13.6. The van der Waals surface area contributed by atoms with Gasteiger partial charge >= 0.3 is 0 Å². The van der Waals surface area contributed by atoms with Gasteiger partial charge in [-0.25, -0.2) is 0 Å². The molecule has 0 bridgehead atoms. The number of carbonyl (C=O) groups excluding carboxylic acids is 1. The van der Waals surface area contributed by atoms with Crippen LogP contribution in [0.15, 0.2) is 24.3 Å². The zero-order chi connectivity index (χ0) is 13.8. The van der Waals surface area contributed by atoms with Crippen LogP contribution in [0.2, 0.25) is 5.02 Å². The van der Waals surface area contributed by atoms with E-state index in [9.17, 15) is 4.79 Å². The molecule has 0 fully saturated rings. The number of rotatable bonds is 4. The number of hydrogen-bond acceptors (Lipinski definition) is 2. The Bertz CT molecular complexity index is 592. The van der Waals surface area contributed by atoms with Crippen molar-refractivity contribution in [3.63, 3.8) is 0 Å². The number of H-pyrrole nitrogens is 1. The van der Waals surface area contributed by atoms with Crippen molar-refractivity contribution in [3.05, 3.63) is 46.1 Å². The predicted octanol–water partition coefficient (Wildman–Crippen LogP) is 3.58. The Morgan fingerprint density at radius 3 is 3.00 bits per heavy atom. The molecule has 0 spiro atoms. The van der Waals surface area contributed by atoms with Gasteiger partial charge in [0.25, 0.3) is 5.91 Å². The lowest BCUT2D eigenvalue weighted by molar-refractivity contribution is 0.102. The van der Waals surface area contributed by atoms with Crippen LogP contribution in [0.25, 0.3) is 0 Å². The van der Waals surface area contributed by atoms with E-state index in [1.54, 1.807) is 6.07 Å². The Morgan fingerprint density at radius 2 is 2.26 bits per heavy atom. The summed E-state index contributed by atoms with van der Waals surface area (Å²) < 4.78 is 0. The molecular weight excluding hydrogens is 262 g/mol. The Morgan fingerprint density at radius 1 is 1.47 bits per heavy atom. The summed E-state index contributed by atoms with van der Waals surface area (Å²) in [5.41, 5.74) is 2.35. The number of amides is 1. The average molecular weight is 278 g/mol. The molecule has 1 aromatic carbocycles. The number of aromatic nitrogens is 2. The van der Waals surface area contributed by atoms with Gasteiger partial charge in [-0.2, -0.15) is 5.10 Å². The summed E-state index contributed by atoms with van der Waals surface area (Å²) in [7, 11) is 0. The Hall–Kier alpha value is -1.81. The van der Waals surface area contributed by atoms with Crippen molar-refractivity contribution >= 4 is 23.3 Å². The highest BCUT2D eigenvalue weighted by atomic mass is 35.5. The minimum absolute atomic E-state index is 0.247. The SMILES string of the molecule is CCCc1cc(NC(=O)c2cccc(C)c2Cl)n[nH]1. The van der Waals surface area contributed by atoms with E-state index in [-0.39, 0.29) is 5.91 Å². The summed E-state index contributed by atoms with van der Waals surface area (Å²) in [6.45, 7) is 3.96. The highest BCUT2D eigenvalue weighted by molar-refractivity contribution is 6.35. The number of nitrogens with one attached hydrogen (secondary N) is 2. The zero-order valence-corrected chi connectivity index (χ0v) is 11.7. The van der Waals surface area contributed by atoms with E-state index in [0.717, 1.165) is 24.1 Å². The summed E-state index contributed by atoms with van der Waals surface area (Å²) in [5.74, 6) is 0.272. The first-order valence-electron chi connectivity index (χ1n) is 6.22. The number of benzene rings is 1. The molecule has 0 radical (unpaired) electrons. The lowest BCUT2D eigenvalue weighted by Gasteiger charge is -2.05. The fourth-order valence-electron chi connectivity index (χ4n) is 1.83. The minimum atomic E-state index is -0.247. The maximum Gasteiger partial charge on any atom is 0.258 e. The molecular formula is C14H16ClN3O. The largest absolute Gasteiger partial charge is 0.305 e. The molecule has 2 rings (SSSR count). The molecule has 0 aliphatic rings. The smallest absolute Gasteiger partial charge is 0.258 e. The molecule has 1 aromatic heterocycles. The van der Waals surface area contributed by atoms with Gasteiger partial charge in [-0.1, -0.05) is 37.1 Å². The van der Waals surface area contributed by atoms with Gasteiger partial charge in [0, 0.05) is 11.8 Å². The first-order valence-corrected chi connectivity index (χ1v) is 6.60. The molecule has 0 atom stereocenters. The van der Waals surface area contributed by atoms with Gasteiger partial charge in [-0.3, -0.25) is 9.89 Å². The summed E-state index contributed by atoms with van der Waals surface area (Å²) in [5, 5.41) is 10.2. The zero-order valence-electron chi connectivity index (χ0n) is 11.0. The second-order valence-corrected chi connectivity index (χ2v) is 4.80. The summed E-state index contributed by atoms with van der Waals surface area (Å²) in [6, 6.07) is 7.21. The van der Waals surface area contributed by atoms with E-state index in [4.69, 9.17) is 11.6 Å². The molecule has 0 aliphatic carbocycles. The Kier molecular flexibility index (Phi) is 4.22. The molecule has 2 aromatic rings. The van der Waals surface area contributed by atoms with Crippen LogP contribution in [0.5, 0.6) is 0 Å². The van der Waals surface area contributed by atoms with E-state index in [2.05, 4.69) is 22.4 Å². The molecule has 1 heterocycles. The van der Waals surface area contributed by atoms with Crippen LogP contribution in [0.1, 0.15) is 35.0 Å². The fraction of sp³-hybridized carbons (Fsp3) is 0.286. The van der Waals surface area contributed by atoms with Gasteiger partial charge in [-0.15, -0.1) is 0 Å². The van der Waals surface area contributed by atoms with Crippen LogP contribution in [0.4, 0.5) is 5.82 Å². The minimum Gasteiger partial charge on any atom is -0.305 e. The van der Waals surface area contributed by atoms with Crippen molar-refractivity contribution in [2.75, 3.05) is 5.32 Å². The molecule has 19 heavy (non-hydrogen) atoms. The second kappa shape index (κ2) is 5.89. The van der Waals surface area contributed by atoms with Gasteiger partial charge in [0.15, 0.2) is 5.82 Å². The van der Waals surface area contributed by atoms with Gasteiger partial charge in [0.05, 0.1) is 10.6 Å². The fourth-order valence-corrected chi connectivity index (χ4v) is 2.04. The van der Waals surface area contributed by atoms with Crippen LogP contribution in [0.3, 0.4) is 0 Å². The van der Waals surface area contributed by atoms with Crippen molar-refractivity contribution in [2.24, 2.45) is 0 Å². The quantitative estimate of drug-likeness (QED) is 0.897. The molecule has 2 N–H and O–H groups in total. The Balaban J connectivity index is 2.14. The third-order valence-corrected chi connectivity index (χ3v) is 3.33. The first-order chi connectivity index (χ1) is 9.11. The molecule has 0 aliphatic heterocycles. The van der Waals surface area contributed by atoms with Gasteiger partial charge in [0.1, 0.15) is 0 Å². The number of aromatic amines is 1. The maximum atomic E-state index is 12.1. The number of anilines is 1. The van der Waals surface area contributed by atoms with E-state index < -0.39 is 0 Å². The number of carbonyl (C=O) groups is 1. The molecule has 4 nitrogen and oxygen atoms in total. The van der Waals surface area contributed by atoms with Crippen LogP contribution in [0, 0.1) is 6.92 Å². The van der Waals surface area contributed by atoms with Gasteiger partial charge in [-0.05, 0) is 25.0 Å². The molecule has 5 heteroatoms. The van der Waals surface area contributed by atoms with Crippen LogP contribution >= 0.6 is 11.6 Å². The molecule has 0 saturated carbocycles. The van der Waals surface area contributed by atoms with Gasteiger partial charge in [0.2, 0.25) is 0 Å². The van der Waals surface area contributed by atoms with Crippen molar-refractivity contribution in [2.45, 2.75) is 26.7 Å². The number of nitrogens with zero attached hydrogens (tertiary/aromatic N) is 1. The van der Waals surface area contributed by atoms with E-state index in [0.29, 0.717) is 16.4 Å². The average Bonchev–Trinajstić information content (AvgIpc) is 2.80. The molecule has 0 unspecified atom stereocenters. The summed E-state index contributed by atoms with van der Waals surface area (Å²) in [4.78, 5) is 12.1. The highest BCUT2D eigenvalue weighted by Gasteiger charge is 2.13. The topological polar surface area (TPSA) is 57.8 Å². The highest BCUT2D eigenvalue weighted by Crippen LogP contribution is 2.21. The number of aryl methyl sites for hydroxylation is 2. The van der Waals surface area contributed by atoms with Crippen molar-refractivity contribution in [1.29, 1.82) is 0 Å². The number of hydrogen-bond donors (Lipinski definition) is 2. The maximum absolute atomic E-state index is 12.1. The molecule has 100 valence electrons. The standard InChI is InChI=1S/C14H16ClN3O/c1-3-5-10-8-12(18-17-10)16-14(19)11-7-4-6-9(2)13(11)15/h4,6-8H,3,5H2,1-2H3,(H2,16,17,18,19). The molecule has 0 saturated heterocycles. The van der Waals surface area contributed by atoms with Crippen LogP contribution in [-0.4, -0.2) is 16.1 Å². The molecule has 1 amide bonds. The van der Waals surface area contributed by atoms with Crippen molar-refractivity contribution in [1.82, 2.24) is 10.2 Å². The Labute approximate surface area is 117 Å². The monoisotopic (exact) mass is 277 g/mol. The van der Waals surface area contributed by atoms with E-state index in [1.165, 1.54) is 0 Å². The third-order valence-electron chi connectivity index (χ3n) is 2.83. The van der Waals surface area contributed by atoms with Gasteiger partial charge < -0.3 is 5.32 Å². The van der Waals surface area contributed by atoms with E-state index in [1.807, 2.05) is 25.1 Å². The van der Waals surface area contributed by atoms with Crippen molar-refractivity contribution < 1.29 is 4.79 Å². The van der Waals surface area contributed by atoms with Crippen LogP contribution < -0.4 is 5.32 Å². The second-order valence-electron chi connectivity index (χ2n) is 4.42.